The first-order valence-corrected chi connectivity index (χ1v) is 6.95. The van der Waals surface area contributed by atoms with Crippen LogP contribution in [0.15, 0.2) is 36.7 Å². The normalized spacial score (nSPS) is 12.5. The largest absolute Gasteiger partial charge is 0.352 e. The zero-order valence-electron chi connectivity index (χ0n) is 11.5. The minimum absolute atomic E-state index is 0.225. The summed E-state index contributed by atoms with van der Waals surface area (Å²) in [6.07, 6.45) is 3.69. The van der Waals surface area contributed by atoms with Crippen molar-refractivity contribution in [2.75, 3.05) is 5.32 Å². The van der Waals surface area contributed by atoms with Crippen molar-refractivity contribution in [3.8, 4) is 11.1 Å². The summed E-state index contributed by atoms with van der Waals surface area (Å²) < 4.78 is 0. The van der Waals surface area contributed by atoms with Crippen molar-refractivity contribution in [3.05, 3.63) is 42.2 Å². The van der Waals surface area contributed by atoms with Gasteiger partial charge in [0.15, 0.2) is 0 Å². The van der Waals surface area contributed by atoms with E-state index in [0.29, 0.717) is 12.0 Å². The van der Waals surface area contributed by atoms with Crippen LogP contribution in [-0.4, -0.2) is 16.0 Å². The van der Waals surface area contributed by atoms with Gasteiger partial charge in [0.1, 0.15) is 0 Å². The molecule has 2 aromatic rings. The molecule has 3 nitrogen and oxygen atoms in total. The Balaban J connectivity index is 2.24. The highest BCUT2D eigenvalue weighted by atomic mass is 32.1. The first-order chi connectivity index (χ1) is 9.06. The molecule has 1 aromatic carbocycles. The molecule has 0 spiro atoms. The number of anilines is 1. The van der Waals surface area contributed by atoms with Gasteiger partial charge in [0.2, 0.25) is 5.95 Å². The summed E-state index contributed by atoms with van der Waals surface area (Å²) in [6, 6.07) is 8.65. The standard InChI is InChI=1S/C15H19N3S/c1-10(2)18-15-16-8-14(9-17-15)13-6-4-5-12(7-13)11(3)19/h4-11,19H,1-3H3,(H,16,17,18)/t11-/m0/s1. The van der Waals surface area contributed by atoms with Crippen LogP contribution < -0.4 is 5.32 Å². The van der Waals surface area contributed by atoms with Crippen LogP contribution in [-0.2, 0) is 0 Å². The van der Waals surface area contributed by atoms with Crippen LogP contribution in [0.4, 0.5) is 5.95 Å². The van der Waals surface area contributed by atoms with Crippen molar-refractivity contribution in [2.24, 2.45) is 0 Å². The molecular formula is C15H19N3S. The fourth-order valence-electron chi connectivity index (χ4n) is 1.79. The smallest absolute Gasteiger partial charge is 0.222 e. The number of nitrogens with one attached hydrogen (secondary N) is 1. The van der Waals surface area contributed by atoms with Gasteiger partial charge < -0.3 is 5.32 Å². The number of benzene rings is 1. The Kier molecular flexibility index (Phi) is 4.43. The summed E-state index contributed by atoms with van der Waals surface area (Å²) in [5.74, 6) is 0.664. The highest BCUT2D eigenvalue weighted by Crippen LogP contribution is 2.25. The number of nitrogens with zero attached hydrogens (tertiary/aromatic N) is 2. The van der Waals surface area contributed by atoms with Crippen LogP contribution in [0.2, 0.25) is 0 Å². The van der Waals surface area contributed by atoms with Gasteiger partial charge in [-0.3, -0.25) is 0 Å². The number of thiol groups is 1. The number of rotatable bonds is 4. The molecule has 0 saturated heterocycles. The Hall–Kier alpha value is -1.55. The first-order valence-electron chi connectivity index (χ1n) is 6.43. The molecule has 1 aromatic heterocycles. The van der Waals surface area contributed by atoms with Gasteiger partial charge in [-0.2, -0.15) is 12.6 Å². The predicted octanol–water partition coefficient (Wildman–Crippen LogP) is 3.95. The lowest BCUT2D eigenvalue weighted by Gasteiger charge is -2.09. The molecule has 0 unspecified atom stereocenters. The summed E-state index contributed by atoms with van der Waals surface area (Å²) in [7, 11) is 0. The molecule has 1 atom stereocenters. The highest BCUT2D eigenvalue weighted by Gasteiger charge is 2.04. The maximum absolute atomic E-state index is 4.46. The van der Waals surface area contributed by atoms with Gasteiger partial charge in [0, 0.05) is 29.2 Å². The Bertz CT molecular complexity index is 535. The SMILES string of the molecule is CC(C)Nc1ncc(-c2cccc([C@H](C)S)c2)cn1. The molecule has 0 saturated carbocycles. The van der Waals surface area contributed by atoms with E-state index in [1.165, 1.54) is 5.56 Å². The van der Waals surface area contributed by atoms with Crippen LogP contribution in [0, 0.1) is 0 Å². The molecule has 100 valence electrons. The Labute approximate surface area is 119 Å². The Morgan fingerprint density at radius 1 is 1.05 bits per heavy atom. The average Bonchev–Trinajstić information content (AvgIpc) is 2.39. The van der Waals surface area contributed by atoms with Crippen molar-refractivity contribution < 1.29 is 0 Å². The number of hydrogen-bond acceptors (Lipinski definition) is 4. The molecule has 0 amide bonds. The molecule has 0 aliphatic rings. The van der Waals surface area contributed by atoms with E-state index in [-0.39, 0.29) is 5.25 Å². The third kappa shape index (κ3) is 3.70. The highest BCUT2D eigenvalue weighted by molar-refractivity contribution is 7.80. The van der Waals surface area contributed by atoms with E-state index < -0.39 is 0 Å². The summed E-state index contributed by atoms with van der Waals surface area (Å²) >= 11 is 4.46. The van der Waals surface area contributed by atoms with E-state index in [1.807, 2.05) is 18.5 Å². The van der Waals surface area contributed by atoms with E-state index in [0.717, 1.165) is 11.1 Å². The molecule has 0 radical (unpaired) electrons. The minimum atomic E-state index is 0.225. The van der Waals surface area contributed by atoms with Crippen molar-refractivity contribution in [1.82, 2.24) is 9.97 Å². The van der Waals surface area contributed by atoms with Gasteiger partial charge in [-0.1, -0.05) is 18.2 Å². The molecule has 4 heteroatoms. The first kappa shape index (κ1) is 13.9. The lowest BCUT2D eigenvalue weighted by Crippen LogP contribution is -2.12. The Morgan fingerprint density at radius 3 is 2.32 bits per heavy atom. The van der Waals surface area contributed by atoms with Crippen molar-refractivity contribution in [1.29, 1.82) is 0 Å². The van der Waals surface area contributed by atoms with E-state index in [9.17, 15) is 0 Å². The summed E-state index contributed by atoms with van der Waals surface area (Å²) in [5.41, 5.74) is 3.34. The van der Waals surface area contributed by atoms with Crippen molar-refractivity contribution in [3.63, 3.8) is 0 Å². The van der Waals surface area contributed by atoms with Crippen LogP contribution in [0.25, 0.3) is 11.1 Å². The minimum Gasteiger partial charge on any atom is -0.352 e. The molecule has 1 N–H and O–H groups in total. The van der Waals surface area contributed by atoms with Gasteiger partial charge >= 0.3 is 0 Å². The molecule has 1 heterocycles. The van der Waals surface area contributed by atoms with Gasteiger partial charge in [-0.05, 0) is 38.0 Å². The fraction of sp³-hybridized carbons (Fsp3) is 0.333. The third-order valence-corrected chi connectivity index (χ3v) is 3.07. The molecule has 19 heavy (non-hydrogen) atoms. The summed E-state index contributed by atoms with van der Waals surface area (Å²) in [5, 5.41) is 3.40. The van der Waals surface area contributed by atoms with Crippen molar-refractivity contribution in [2.45, 2.75) is 32.1 Å². The molecule has 0 aliphatic carbocycles. The maximum Gasteiger partial charge on any atom is 0.222 e. The topological polar surface area (TPSA) is 37.8 Å². The lowest BCUT2D eigenvalue weighted by atomic mass is 10.0. The number of hydrogen-bond donors (Lipinski definition) is 2. The zero-order valence-corrected chi connectivity index (χ0v) is 12.4. The van der Waals surface area contributed by atoms with Crippen LogP contribution in [0.1, 0.15) is 31.6 Å². The zero-order chi connectivity index (χ0) is 13.8. The predicted molar refractivity (Wildman–Crippen MR) is 83.6 cm³/mol. The second-order valence-electron chi connectivity index (χ2n) is 4.90. The third-order valence-electron chi connectivity index (χ3n) is 2.77. The molecular weight excluding hydrogens is 254 g/mol. The molecule has 2 rings (SSSR count). The summed E-state index contributed by atoms with van der Waals surface area (Å²) in [6.45, 7) is 6.19. The van der Waals surface area contributed by atoms with E-state index in [4.69, 9.17) is 0 Å². The van der Waals surface area contributed by atoms with E-state index in [2.05, 4.69) is 66.9 Å². The Morgan fingerprint density at radius 2 is 1.74 bits per heavy atom. The van der Waals surface area contributed by atoms with Gasteiger partial charge in [-0.25, -0.2) is 9.97 Å². The van der Waals surface area contributed by atoms with E-state index in [1.54, 1.807) is 0 Å². The van der Waals surface area contributed by atoms with Gasteiger partial charge in [0.25, 0.3) is 0 Å². The molecule has 0 aliphatic heterocycles. The summed E-state index contributed by atoms with van der Waals surface area (Å²) in [4.78, 5) is 8.66. The fourth-order valence-corrected chi connectivity index (χ4v) is 1.95. The second-order valence-corrected chi connectivity index (χ2v) is 5.67. The van der Waals surface area contributed by atoms with Gasteiger partial charge in [0.05, 0.1) is 0 Å². The second kappa shape index (κ2) is 6.06. The van der Waals surface area contributed by atoms with Crippen LogP contribution >= 0.6 is 12.6 Å². The van der Waals surface area contributed by atoms with E-state index >= 15 is 0 Å². The maximum atomic E-state index is 4.46. The van der Waals surface area contributed by atoms with Crippen LogP contribution in [0.3, 0.4) is 0 Å². The monoisotopic (exact) mass is 273 g/mol. The average molecular weight is 273 g/mol. The van der Waals surface area contributed by atoms with Gasteiger partial charge in [-0.15, -0.1) is 0 Å². The molecule has 0 bridgehead atoms. The quantitative estimate of drug-likeness (QED) is 0.828. The van der Waals surface area contributed by atoms with Crippen LogP contribution in [0.5, 0.6) is 0 Å². The number of aromatic nitrogens is 2. The van der Waals surface area contributed by atoms with Crippen molar-refractivity contribution >= 4 is 18.6 Å². The lowest BCUT2D eigenvalue weighted by molar-refractivity contribution is 0.874. The molecule has 0 fully saturated rings.